The maximum atomic E-state index is 10.7. The lowest BCUT2D eigenvalue weighted by molar-refractivity contribution is -0.156. The lowest BCUT2D eigenvalue weighted by atomic mass is 10.2. The molecule has 0 bridgehead atoms. The minimum absolute atomic E-state index is 0.220. The Hall–Kier alpha value is -0.650. The topological polar surface area (TPSA) is 81.8 Å². The molecule has 0 rings (SSSR count). The molecule has 0 aliphatic carbocycles. The monoisotopic (exact) mass is 205 g/mol. The second-order valence-electron chi connectivity index (χ2n) is 3.01. The Morgan fingerprint density at radius 2 is 2.21 bits per heavy atom. The summed E-state index contributed by atoms with van der Waals surface area (Å²) in [6.45, 7) is 4.97. The van der Waals surface area contributed by atoms with Gasteiger partial charge in [0.2, 0.25) is 0 Å². The largest absolute Gasteiger partial charge is 0.479 e. The number of carbonyl (C=O) groups is 1. The molecule has 5 heteroatoms. The predicted molar refractivity (Wildman–Crippen MR) is 52.1 cm³/mol. The predicted octanol–water partition coefficient (Wildman–Crippen LogP) is 0.230. The van der Waals surface area contributed by atoms with E-state index in [-0.39, 0.29) is 6.10 Å². The summed E-state index contributed by atoms with van der Waals surface area (Å²) < 4.78 is 10.4. The van der Waals surface area contributed by atoms with Gasteiger partial charge in [0.25, 0.3) is 0 Å². The quantitative estimate of drug-likeness (QED) is 0.592. The lowest BCUT2D eigenvalue weighted by Crippen LogP contribution is -2.32. The highest BCUT2D eigenvalue weighted by molar-refractivity contribution is 5.72. The number of hydrogen-bond donors (Lipinski definition) is 2. The maximum Gasteiger partial charge on any atom is 0.332 e. The standard InChI is InChI=1S/C9H19NO4/c1-3-13-6-7(2)14-8(4-5-10)9(11)12/h7-8H,3-6,10H2,1-2H3,(H,11,12). The fraction of sp³-hybridized carbons (Fsp3) is 0.889. The van der Waals surface area contributed by atoms with Crippen LogP contribution in [0.15, 0.2) is 0 Å². The van der Waals surface area contributed by atoms with E-state index in [1.165, 1.54) is 0 Å². The summed E-state index contributed by atoms with van der Waals surface area (Å²) in [5, 5.41) is 8.76. The van der Waals surface area contributed by atoms with E-state index < -0.39 is 12.1 Å². The first-order chi connectivity index (χ1) is 6.61. The first-order valence-electron chi connectivity index (χ1n) is 4.77. The van der Waals surface area contributed by atoms with Crippen LogP contribution in [0, 0.1) is 0 Å². The summed E-state index contributed by atoms with van der Waals surface area (Å²) in [6.07, 6.45) is -0.718. The van der Waals surface area contributed by atoms with Crippen molar-refractivity contribution in [2.24, 2.45) is 5.73 Å². The molecule has 0 fully saturated rings. The molecule has 5 nitrogen and oxygen atoms in total. The van der Waals surface area contributed by atoms with Crippen LogP contribution < -0.4 is 5.73 Å². The van der Waals surface area contributed by atoms with Crippen LogP contribution in [0.2, 0.25) is 0 Å². The summed E-state index contributed by atoms with van der Waals surface area (Å²) in [6, 6.07) is 0. The maximum absolute atomic E-state index is 10.7. The molecule has 2 unspecified atom stereocenters. The van der Waals surface area contributed by atoms with Crippen molar-refractivity contribution >= 4 is 5.97 Å². The highest BCUT2D eigenvalue weighted by Crippen LogP contribution is 2.03. The van der Waals surface area contributed by atoms with E-state index >= 15 is 0 Å². The molecule has 0 aromatic heterocycles. The van der Waals surface area contributed by atoms with Gasteiger partial charge in [-0.1, -0.05) is 0 Å². The molecule has 0 saturated heterocycles. The molecule has 0 aromatic rings. The molecule has 2 atom stereocenters. The van der Waals surface area contributed by atoms with Gasteiger partial charge in [-0.05, 0) is 26.8 Å². The molecule has 84 valence electrons. The molecule has 0 saturated carbocycles. The third kappa shape index (κ3) is 5.90. The van der Waals surface area contributed by atoms with E-state index in [2.05, 4.69) is 0 Å². The summed E-state index contributed by atoms with van der Waals surface area (Å²) in [5.74, 6) is -0.973. The van der Waals surface area contributed by atoms with E-state index in [1.54, 1.807) is 6.92 Å². The van der Waals surface area contributed by atoms with Gasteiger partial charge in [0, 0.05) is 6.61 Å². The van der Waals surface area contributed by atoms with E-state index in [1.807, 2.05) is 6.92 Å². The van der Waals surface area contributed by atoms with Gasteiger partial charge in [0.05, 0.1) is 12.7 Å². The van der Waals surface area contributed by atoms with Crippen molar-refractivity contribution in [3.8, 4) is 0 Å². The molecule has 0 aliphatic heterocycles. The van der Waals surface area contributed by atoms with Crippen LogP contribution in [0.3, 0.4) is 0 Å². The van der Waals surface area contributed by atoms with Crippen LogP contribution in [0.4, 0.5) is 0 Å². The number of ether oxygens (including phenoxy) is 2. The van der Waals surface area contributed by atoms with Crippen LogP contribution >= 0.6 is 0 Å². The van der Waals surface area contributed by atoms with Crippen molar-refractivity contribution in [1.82, 2.24) is 0 Å². The summed E-state index contributed by atoms with van der Waals surface area (Å²) in [4.78, 5) is 10.7. The Bertz CT molecular complexity index is 163. The first kappa shape index (κ1) is 13.4. The summed E-state index contributed by atoms with van der Waals surface area (Å²) >= 11 is 0. The molecule has 0 radical (unpaired) electrons. The Kier molecular flexibility index (Phi) is 7.37. The number of rotatable bonds is 8. The Morgan fingerprint density at radius 3 is 2.64 bits per heavy atom. The first-order valence-corrected chi connectivity index (χ1v) is 4.77. The normalized spacial score (nSPS) is 15.1. The molecule has 0 amide bonds. The highest BCUT2D eigenvalue weighted by atomic mass is 16.5. The van der Waals surface area contributed by atoms with Crippen molar-refractivity contribution < 1.29 is 19.4 Å². The zero-order valence-corrected chi connectivity index (χ0v) is 8.73. The van der Waals surface area contributed by atoms with Crippen LogP contribution in [-0.2, 0) is 14.3 Å². The minimum Gasteiger partial charge on any atom is -0.479 e. The van der Waals surface area contributed by atoms with Gasteiger partial charge < -0.3 is 20.3 Å². The smallest absolute Gasteiger partial charge is 0.332 e. The lowest BCUT2D eigenvalue weighted by Gasteiger charge is -2.18. The zero-order valence-electron chi connectivity index (χ0n) is 8.73. The van der Waals surface area contributed by atoms with E-state index in [4.69, 9.17) is 20.3 Å². The average Bonchev–Trinajstić information content (AvgIpc) is 2.14. The molecule has 14 heavy (non-hydrogen) atoms. The van der Waals surface area contributed by atoms with Crippen molar-refractivity contribution in [3.05, 3.63) is 0 Å². The minimum atomic E-state index is -0.973. The Balaban J connectivity index is 3.83. The summed E-state index contributed by atoms with van der Waals surface area (Å²) in [5.41, 5.74) is 5.27. The van der Waals surface area contributed by atoms with Gasteiger partial charge in [-0.15, -0.1) is 0 Å². The molecule has 0 spiro atoms. The second-order valence-corrected chi connectivity index (χ2v) is 3.01. The van der Waals surface area contributed by atoms with Crippen molar-refractivity contribution in [2.75, 3.05) is 19.8 Å². The molecule has 0 heterocycles. The number of aliphatic carboxylic acids is 1. The van der Waals surface area contributed by atoms with Gasteiger partial charge in [0.1, 0.15) is 0 Å². The van der Waals surface area contributed by atoms with Gasteiger partial charge in [-0.25, -0.2) is 4.79 Å². The SMILES string of the molecule is CCOCC(C)OC(CCN)C(=O)O. The fourth-order valence-corrected chi connectivity index (χ4v) is 1.00. The van der Waals surface area contributed by atoms with E-state index in [0.29, 0.717) is 26.2 Å². The zero-order chi connectivity index (χ0) is 11.0. The molecule has 3 N–H and O–H groups in total. The summed E-state index contributed by atoms with van der Waals surface area (Å²) in [7, 11) is 0. The molecule has 0 aliphatic rings. The number of hydrogen-bond acceptors (Lipinski definition) is 4. The van der Waals surface area contributed by atoms with Crippen LogP contribution in [0.5, 0.6) is 0 Å². The van der Waals surface area contributed by atoms with Gasteiger partial charge in [-0.3, -0.25) is 0 Å². The van der Waals surface area contributed by atoms with Crippen molar-refractivity contribution in [3.63, 3.8) is 0 Å². The van der Waals surface area contributed by atoms with Crippen molar-refractivity contribution in [2.45, 2.75) is 32.5 Å². The number of carboxylic acids is 1. The van der Waals surface area contributed by atoms with Crippen LogP contribution in [-0.4, -0.2) is 43.0 Å². The van der Waals surface area contributed by atoms with Crippen LogP contribution in [0.1, 0.15) is 20.3 Å². The van der Waals surface area contributed by atoms with Crippen LogP contribution in [0.25, 0.3) is 0 Å². The highest BCUT2D eigenvalue weighted by Gasteiger charge is 2.19. The third-order valence-electron chi connectivity index (χ3n) is 1.66. The average molecular weight is 205 g/mol. The Labute approximate surface area is 84.2 Å². The number of carboxylic acid groups (broad SMARTS) is 1. The van der Waals surface area contributed by atoms with Crippen molar-refractivity contribution in [1.29, 1.82) is 0 Å². The molecular formula is C9H19NO4. The van der Waals surface area contributed by atoms with E-state index in [9.17, 15) is 4.79 Å². The van der Waals surface area contributed by atoms with Gasteiger partial charge in [0.15, 0.2) is 6.10 Å². The molecule has 0 aromatic carbocycles. The Morgan fingerprint density at radius 1 is 1.57 bits per heavy atom. The fourth-order valence-electron chi connectivity index (χ4n) is 1.00. The van der Waals surface area contributed by atoms with E-state index in [0.717, 1.165) is 0 Å². The second kappa shape index (κ2) is 7.73. The third-order valence-corrected chi connectivity index (χ3v) is 1.66. The molecular weight excluding hydrogens is 186 g/mol. The van der Waals surface area contributed by atoms with Gasteiger partial charge in [-0.2, -0.15) is 0 Å². The number of nitrogens with two attached hydrogens (primary N) is 1. The van der Waals surface area contributed by atoms with Gasteiger partial charge >= 0.3 is 5.97 Å².